The van der Waals surface area contributed by atoms with Crippen molar-refractivity contribution in [2.45, 2.75) is 19.9 Å². The van der Waals surface area contributed by atoms with Gasteiger partial charge in [-0.05, 0) is 31.5 Å². The molecule has 4 nitrogen and oxygen atoms in total. The van der Waals surface area contributed by atoms with Crippen LogP contribution in [0.5, 0.6) is 0 Å². The van der Waals surface area contributed by atoms with Gasteiger partial charge in [-0.25, -0.2) is 4.98 Å². The number of rotatable bonds is 3. The van der Waals surface area contributed by atoms with Gasteiger partial charge in [-0.2, -0.15) is 0 Å². The Balaban J connectivity index is 2.03. The lowest BCUT2D eigenvalue weighted by atomic mass is 10.1. The molecular weight excluding hydrogens is 284 g/mol. The Labute approximate surface area is 127 Å². The molecule has 0 saturated heterocycles. The topological polar surface area (TPSA) is 62.2 Å². The fourth-order valence-corrected chi connectivity index (χ4v) is 2.49. The van der Waals surface area contributed by atoms with Crippen LogP contribution in [0.2, 0.25) is 0 Å². The molecule has 0 fully saturated rings. The molecule has 1 aromatic heterocycles. The highest BCUT2D eigenvalue weighted by Crippen LogP contribution is 2.16. The number of amides is 1. The number of aliphatic hydroxyl groups is 1. The van der Waals surface area contributed by atoms with Crippen molar-refractivity contribution in [1.29, 1.82) is 0 Å². The predicted octanol–water partition coefficient (Wildman–Crippen LogP) is 2.29. The Hall–Kier alpha value is -2.16. The summed E-state index contributed by atoms with van der Waals surface area (Å²) in [6, 6.07) is 7.49. The Morgan fingerprint density at radius 2 is 2.14 bits per heavy atom. The van der Waals surface area contributed by atoms with Crippen molar-refractivity contribution in [3.63, 3.8) is 0 Å². The summed E-state index contributed by atoms with van der Waals surface area (Å²) >= 11 is 1.38. The number of aliphatic hydroxyl groups excluding tert-OH is 1. The van der Waals surface area contributed by atoms with Gasteiger partial charge in [0.1, 0.15) is 11.5 Å². The number of aryl methyl sites for hydroxylation is 1. The summed E-state index contributed by atoms with van der Waals surface area (Å²) in [7, 11) is 0. The monoisotopic (exact) mass is 300 g/mol. The van der Waals surface area contributed by atoms with E-state index in [9.17, 15) is 4.79 Å². The van der Waals surface area contributed by atoms with Crippen LogP contribution in [0.15, 0.2) is 30.5 Å². The van der Waals surface area contributed by atoms with Crippen LogP contribution in [0.3, 0.4) is 0 Å². The van der Waals surface area contributed by atoms with Gasteiger partial charge in [0.15, 0.2) is 0 Å². The molecule has 0 bridgehead atoms. The number of nitrogens with zero attached hydrogens (tertiary/aromatic N) is 1. The number of carbonyl (C=O) groups is 1. The van der Waals surface area contributed by atoms with E-state index in [-0.39, 0.29) is 18.6 Å². The van der Waals surface area contributed by atoms with Crippen molar-refractivity contribution in [3.8, 4) is 11.8 Å². The summed E-state index contributed by atoms with van der Waals surface area (Å²) < 4.78 is 0. The second-order valence-electron chi connectivity index (χ2n) is 4.52. The predicted molar refractivity (Wildman–Crippen MR) is 83.1 cm³/mol. The lowest BCUT2D eigenvalue weighted by molar-refractivity contribution is 0.0944. The largest absolute Gasteiger partial charge is 0.384 e. The van der Waals surface area contributed by atoms with Gasteiger partial charge in [-0.1, -0.05) is 24.0 Å². The van der Waals surface area contributed by atoms with Crippen LogP contribution in [0.1, 0.15) is 38.8 Å². The first-order chi connectivity index (χ1) is 10.1. The van der Waals surface area contributed by atoms with Crippen molar-refractivity contribution in [2.24, 2.45) is 0 Å². The van der Waals surface area contributed by atoms with Gasteiger partial charge in [-0.15, -0.1) is 11.3 Å². The molecular formula is C16H16N2O2S. The van der Waals surface area contributed by atoms with Crippen LogP contribution in [-0.2, 0) is 0 Å². The first-order valence-corrected chi connectivity index (χ1v) is 7.35. The second kappa shape index (κ2) is 7.02. The van der Waals surface area contributed by atoms with Gasteiger partial charge in [0.05, 0.1) is 17.2 Å². The van der Waals surface area contributed by atoms with Crippen molar-refractivity contribution in [3.05, 3.63) is 51.5 Å². The van der Waals surface area contributed by atoms with Crippen LogP contribution >= 0.6 is 11.3 Å². The minimum Gasteiger partial charge on any atom is -0.384 e. The molecule has 108 valence electrons. The molecule has 1 unspecified atom stereocenters. The average Bonchev–Trinajstić information content (AvgIpc) is 2.92. The van der Waals surface area contributed by atoms with Crippen LogP contribution in [-0.4, -0.2) is 22.6 Å². The lowest BCUT2D eigenvalue weighted by Crippen LogP contribution is -2.25. The molecule has 0 aliphatic carbocycles. The number of benzene rings is 1. The summed E-state index contributed by atoms with van der Waals surface area (Å²) in [5, 5.41) is 12.5. The lowest BCUT2D eigenvalue weighted by Gasteiger charge is -2.13. The van der Waals surface area contributed by atoms with Gasteiger partial charge in [0, 0.05) is 5.56 Å². The molecule has 2 N–H and O–H groups in total. The SMILES string of the molecule is Cc1ncc(C(=O)NC(C)c2ccc(C#CCO)cc2)s1. The quantitative estimate of drug-likeness (QED) is 0.855. The van der Waals surface area contributed by atoms with Crippen LogP contribution in [0.4, 0.5) is 0 Å². The van der Waals surface area contributed by atoms with E-state index in [4.69, 9.17) is 5.11 Å². The molecule has 0 saturated carbocycles. The number of aromatic nitrogens is 1. The zero-order valence-electron chi connectivity index (χ0n) is 11.9. The smallest absolute Gasteiger partial charge is 0.263 e. The second-order valence-corrected chi connectivity index (χ2v) is 5.76. The van der Waals surface area contributed by atoms with Crippen LogP contribution in [0, 0.1) is 18.8 Å². The molecule has 5 heteroatoms. The van der Waals surface area contributed by atoms with Gasteiger partial charge in [0.2, 0.25) is 0 Å². The van der Waals surface area contributed by atoms with E-state index in [0.717, 1.165) is 16.1 Å². The Morgan fingerprint density at radius 3 is 2.71 bits per heavy atom. The third-order valence-electron chi connectivity index (χ3n) is 2.92. The molecule has 2 aromatic rings. The third kappa shape index (κ3) is 4.15. The maximum atomic E-state index is 12.1. The van der Waals surface area contributed by atoms with Crippen LogP contribution < -0.4 is 5.32 Å². The van der Waals surface area contributed by atoms with E-state index in [0.29, 0.717) is 4.88 Å². The van der Waals surface area contributed by atoms with Crippen molar-refractivity contribution in [2.75, 3.05) is 6.61 Å². The summed E-state index contributed by atoms with van der Waals surface area (Å²) in [5.41, 5.74) is 1.84. The molecule has 0 aliphatic rings. The summed E-state index contributed by atoms with van der Waals surface area (Å²) in [4.78, 5) is 16.8. The molecule has 21 heavy (non-hydrogen) atoms. The maximum absolute atomic E-state index is 12.1. The van der Waals surface area contributed by atoms with Gasteiger partial charge < -0.3 is 10.4 Å². The van der Waals surface area contributed by atoms with E-state index in [1.54, 1.807) is 6.20 Å². The summed E-state index contributed by atoms with van der Waals surface area (Å²) in [6.07, 6.45) is 1.59. The van der Waals surface area contributed by atoms with Gasteiger partial charge >= 0.3 is 0 Å². The highest BCUT2D eigenvalue weighted by atomic mass is 32.1. The minimum absolute atomic E-state index is 0.0974. The summed E-state index contributed by atoms with van der Waals surface area (Å²) in [6.45, 7) is 3.65. The fourth-order valence-electron chi connectivity index (χ4n) is 1.81. The number of thiazole rings is 1. The number of hydrogen-bond acceptors (Lipinski definition) is 4. The third-order valence-corrected chi connectivity index (χ3v) is 3.83. The van der Waals surface area contributed by atoms with Crippen molar-refractivity contribution in [1.82, 2.24) is 10.3 Å². The molecule has 0 radical (unpaired) electrons. The highest BCUT2D eigenvalue weighted by Gasteiger charge is 2.13. The molecule has 1 amide bonds. The standard InChI is InChI=1S/C16H16N2O2S/c1-11(18-16(20)15-10-17-12(2)21-15)14-7-5-13(6-8-14)4-3-9-19/h5-8,10-11,19H,9H2,1-2H3,(H,18,20). The van der Waals surface area contributed by atoms with E-state index in [1.807, 2.05) is 38.1 Å². The van der Waals surface area contributed by atoms with Crippen molar-refractivity contribution < 1.29 is 9.90 Å². The molecule has 0 aliphatic heterocycles. The fraction of sp³-hybridized carbons (Fsp3) is 0.250. The van der Waals surface area contributed by atoms with Gasteiger partial charge in [-0.3, -0.25) is 4.79 Å². The Bertz CT molecular complexity index is 680. The summed E-state index contributed by atoms with van der Waals surface area (Å²) in [5.74, 6) is 5.32. The Kier molecular flexibility index (Phi) is 5.09. The average molecular weight is 300 g/mol. The first kappa shape index (κ1) is 15.2. The number of hydrogen-bond donors (Lipinski definition) is 2. The van der Waals surface area contributed by atoms with E-state index < -0.39 is 0 Å². The molecule has 1 heterocycles. The van der Waals surface area contributed by atoms with E-state index in [1.165, 1.54) is 11.3 Å². The number of carbonyl (C=O) groups excluding carboxylic acids is 1. The first-order valence-electron chi connectivity index (χ1n) is 6.53. The number of nitrogens with one attached hydrogen (secondary N) is 1. The minimum atomic E-state index is -0.150. The Morgan fingerprint density at radius 1 is 1.43 bits per heavy atom. The molecule has 2 rings (SSSR count). The molecule has 1 atom stereocenters. The maximum Gasteiger partial charge on any atom is 0.263 e. The zero-order chi connectivity index (χ0) is 15.2. The highest BCUT2D eigenvalue weighted by molar-refractivity contribution is 7.13. The van der Waals surface area contributed by atoms with E-state index in [2.05, 4.69) is 22.1 Å². The van der Waals surface area contributed by atoms with Gasteiger partial charge in [0.25, 0.3) is 5.91 Å². The van der Waals surface area contributed by atoms with E-state index >= 15 is 0 Å². The van der Waals surface area contributed by atoms with Crippen LogP contribution in [0.25, 0.3) is 0 Å². The molecule has 0 spiro atoms. The molecule has 1 aromatic carbocycles. The zero-order valence-corrected chi connectivity index (χ0v) is 12.7. The normalized spacial score (nSPS) is 11.4. The van der Waals surface area contributed by atoms with Crippen molar-refractivity contribution >= 4 is 17.2 Å².